The molecule has 0 radical (unpaired) electrons. The van der Waals surface area contributed by atoms with Crippen LogP contribution in [0.2, 0.25) is 0 Å². The molecule has 146 valence electrons. The maximum absolute atomic E-state index is 13.6. The van der Waals surface area contributed by atoms with E-state index in [9.17, 15) is 9.18 Å². The van der Waals surface area contributed by atoms with Gasteiger partial charge in [0.05, 0.1) is 11.7 Å². The number of hydrogen-bond donors (Lipinski definition) is 1. The lowest BCUT2D eigenvalue weighted by molar-refractivity contribution is 0.243. The molecule has 0 amide bonds. The number of halogens is 1. The van der Waals surface area contributed by atoms with Crippen LogP contribution in [-0.2, 0) is 0 Å². The monoisotopic (exact) mass is 395 g/mol. The Morgan fingerprint density at radius 3 is 2.72 bits per heavy atom. The third-order valence-corrected chi connectivity index (χ3v) is 4.30. The first-order valence-electron chi connectivity index (χ1n) is 8.66. The van der Waals surface area contributed by atoms with Gasteiger partial charge >= 0.3 is 5.76 Å². The number of hydrogen-bond acceptors (Lipinski definition) is 8. The van der Waals surface area contributed by atoms with Crippen LogP contribution in [0.4, 0.5) is 4.39 Å². The van der Waals surface area contributed by atoms with Gasteiger partial charge in [-0.15, -0.1) is 0 Å². The van der Waals surface area contributed by atoms with Gasteiger partial charge in [-0.05, 0) is 34.1 Å². The topological polar surface area (TPSA) is 122 Å². The molecule has 0 aliphatic heterocycles. The van der Waals surface area contributed by atoms with Crippen molar-refractivity contribution in [3.05, 3.63) is 70.5 Å². The lowest BCUT2D eigenvalue weighted by Crippen LogP contribution is -2.19. The highest BCUT2D eigenvalue weighted by Gasteiger charge is 2.24. The molecule has 2 aromatic carbocycles. The molecule has 11 heteroatoms. The van der Waals surface area contributed by atoms with Gasteiger partial charge in [0.15, 0.2) is 0 Å². The van der Waals surface area contributed by atoms with E-state index in [4.69, 9.17) is 19.6 Å². The molecule has 0 aliphatic carbocycles. The van der Waals surface area contributed by atoms with Gasteiger partial charge in [-0.1, -0.05) is 41.0 Å². The highest BCUT2D eigenvalue weighted by Crippen LogP contribution is 2.26. The van der Waals surface area contributed by atoms with Gasteiger partial charge in [-0.3, -0.25) is 4.52 Å². The molecule has 4 rings (SSSR count). The van der Waals surface area contributed by atoms with Crippen LogP contribution in [0.3, 0.4) is 0 Å². The second-order valence-electron chi connectivity index (χ2n) is 6.29. The van der Waals surface area contributed by atoms with Gasteiger partial charge in [0.1, 0.15) is 20.3 Å². The average Bonchev–Trinajstić information content (AvgIpc) is 3.35. The second-order valence-corrected chi connectivity index (χ2v) is 6.29. The lowest BCUT2D eigenvalue weighted by Gasteiger charge is -2.12. The number of ether oxygens (including phenoxy) is 1. The molecule has 0 aliphatic rings. The Hall–Kier alpha value is -3.73. The van der Waals surface area contributed by atoms with Gasteiger partial charge in [0.25, 0.3) is 5.88 Å². The summed E-state index contributed by atoms with van der Waals surface area (Å²) in [6.07, 6.45) is 0. The number of nitrogens with two attached hydrogens (primary N) is 1. The molecule has 0 fully saturated rings. The van der Waals surface area contributed by atoms with E-state index in [-0.39, 0.29) is 24.0 Å². The SMILES string of the molecule is Bc1cc(-n2c(-c3nonc3OCC(N)c3ccccc3)noc2=O)ccc1F. The quantitative estimate of drug-likeness (QED) is 0.464. The standard InChI is InChI=1S/C18H15BFN5O4/c19-12-8-11(6-7-13(12)20)25-16(23-28-18(25)26)15-17(24-29-22-15)27-9-14(21)10-4-2-1-3-5-10/h1-8,14H,9,19,21H2. The molecule has 9 nitrogen and oxygen atoms in total. The number of nitrogens with zero attached hydrogens (tertiary/aromatic N) is 4. The molecule has 1 unspecified atom stereocenters. The van der Waals surface area contributed by atoms with E-state index in [0.29, 0.717) is 11.2 Å². The third-order valence-electron chi connectivity index (χ3n) is 4.30. The van der Waals surface area contributed by atoms with Gasteiger partial charge in [0.2, 0.25) is 11.5 Å². The van der Waals surface area contributed by atoms with Crippen molar-refractivity contribution >= 4 is 13.3 Å². The number of rotatable bonds is 6. The average molecular weight is 395 g/mol. The molecular weight excluding hydrogens is 380 g/mol. The fourth-order valence-electron chi connectivity index (χ4n) is 2.77. The molecule has 2 aromatic heterocycles. The maximum atomic E-state index is 13.6. The Morgan fingerprint density at radius 2 is 1.97 bits per heavy atom. The molecule has 2 heterocycles. The van der Waals surface area contributed by atoms with Crippen LogP contribution in [0.5, 0.6) is 5.88 Å². The molecule has 29 heavy (non-hydrogen) atoms. The fourth-order valence-corrected chi connectivity index (χ4v) is 2.77. The van der Waals surface area contributed by atoms with Gasteiger partial charge in [-0.2, -0.15) is 0 Å². The van der Waals surface area contributed by atoms with Gasteiger partial charge < -0.3 is 10.5 Å². The van der Waals surface area contributed by atoms with Crippen LogP contribution in [-0.4, -0.2) is 34.5 Å². The second kappa shape index (κ2) is 7.72. The van der Waals surface area contributed by atoms with E-state index < -0.39 is 17.6 Å². The fraction of sp³-hybridized carbons (Fsp3) is 0.111. The van der Waals surface area contributed by atoms with Crippen LogP contribution in [0.1, 0.15) is 11.6 Å². The molecular formula is C18H15BFN5O4. The lowest BCUT2D eigenvalue weighted by atomic mass is 9.95. The van der Waals surface area contributed by atoms with Crippen LogP contribution in [0.15, 0.2) is 62.5 Å². The zero-order chi connectivity index (χ0) is 20.4. The first kappa shape index (κ1) is 18.6. The number of aromatic nitrogens is 4. The Labute approximate surface area is 164 Å². The normalized spacial score (nSPS) is 12.1. The van der Waals surface area contributed by atoms with Gasteiger partial charge in [-0.25, -0.2) is 18.4 Å². The van der Waals surface area contributed by atoms with E-state index in [1.807, 2.05) is 30.3 Å². The minimum Gasteiger partial charge on any atom is -0.472 e. The Bertz CT molecular complexity index is 1190. The summed E-state index contributed by atoms with van der Waals surface area (Å²) in [5, 5.41) is 11.2. The van der Waals surface area contributed by atoms with Crippen molar-refractivity contribution in [3.8, 4) is 23.1 Å². The van der Waals surface area contributed by atoms with Crippen molar-refractivity contribution in [2.24, 2.45) is 5.73 Å². The predicted octanol–water partition coefficient (Wildman–Crippen LogP) is 0.352. The zero-order valence-corrected chi connectivity index (χ0v) is 15.3. The molecule has 4 aromatic rings. The molecule has 0 saturated heterocycles. The van der Waals surface area contributed by atoms with E-state index in [1.54, 1.807) is 7.85 Å². The van der Waals surface area contributed by atoms with Crippen molar-refractivity contribution < 1.29 is 18.3 Å². The summed E-state index contributed by atoms with van der Waals surface area (Å²) in [5.41, 5.74) is 7.76. The van der Waals surface area contributed by atoms with Gasteiger partial charge in [0, 0.05) is 0 Å². The third kappa shape index (κ3) is 3.67. The van der Waals surface area contributed by atoms with Crippen LogP contribution in [0.25, 0.3) is 17.2 Å². The summed E-state index contributed by atoms with van der Waals surface area (Å²) in [6, 6.07) is 13.1. The Kier molecular flexibility index (Phi) is 4.96. The van der Waals surface area contributed by atoms with Crippen LogP contribution < -0.4 is 21.7 Å². The van der Waals surface area contributed by atoms with Crippen LogP contribution in [0, 0.1) is 5.82 Å². The van der Waals surface area contributed by atoms with Crippen molar-refractivity contribution in [1.82, 2.24) is 20.0 Å². The molecule has 2 N–H and O–H groups in total. The molecule has 0 saturated carbocycles. The van der Waals surface area contributed by atoms with E-state index in [1.165, 1.54) is 18.2 Å². The minimum absolute atomic E-state index is 0.00253. The summed E-state index contributed by atoms with van der Waals surface area (Å²) in [4.78, 5) is 12.2. The van der Waals surface area contributed by atoms with Crippen molar-refractivity contribution in [1.29, 1.82) is 0 Å². The minimum atomic E-state index is -0.777. The summed E-state index contributed by atoms with van der Waals surface area (Å²) < 4.78 is 29.9. The Balaban J connectivity index is 1.64. The summed E-state index contributed by atoms with van der Waals surface area (Å²) in [6.45, 7) is 0.0863. The highest BCUT2D eigenvalue weighted by atomic mass is 19.1. The number of benzene rings is 2. The first-order valence-corrected chi connectivity index (χ1v) is 8.66. The summed E-state index contributed by atoms with van der Waals surface area (Å²) in [5.74, 6) is -1.18. The molecule has 0 bridgehead atoms. The zero-order valence-electron chi connectivity index (χ0n) is 15.3. The van der Waals surface area contributed by atoms with E-state index in [0.717, 1.165) is 10.1 Å². The Morgan fingerprint density at radius 1 is 1.17 bits per heavy atom. The van der Waals surface area contributed by atoms with Crippen molar-refractivity contribution in [2.75, 3.05) is 6.61 Å². The molecule has 0 spiro atoms. The maximum Gasteiger partial charge on any atom is 0.446 e. The van der Waals surface area contributed by atoms with Crippen molar-refractivity contribution in [3.63, 3.8) is 0 Å². The molecule has 1 atom stereocenters. The van der Waals surface area contributed by atoms with E-state index in [2.05, 4.69) is 15.5 Å². The van der Waals surface area contributed by atoms with E-state index >= 15 is 0 Å². The van der Waals surface area contributed by atoms with Crippen LogP contribution >= 0.6 is 0 Å². The smallest absolute Gasteiger partial charge is 0.446 e. The summed E-state index contributed by atoms with van der Waals surface area (Å²) >= 11 is 0. The highest BCUT2D eigenvalue weighted by molar-refractivity contribution is 6.32. The first-order chi connectivity index (χ1) is 14.0. The summed E-state index contributed by atoms with van der Waals surface area (Å²) in [7, 11) is 1.58. The predicted molar refractivity (Wildman–Crippen MR) is 102 cm³/mol. The van der Waals surface area contributed by atoms with Crippen molar-refractivity contribution in [2.45, 2.75) is 6.04 Å². The largest absolute Gasteiger partial charge is 0.472 e.